The van der Waals surface area contributed by atoms with Crippen molar-refractivity contribution in [3.63, 3.8) is 0 Å². The van der Waals surface area contributed by atoms with E-state index in [9.17, 15) is 20.1 Å². The smallest absolute Gasteiger partial charge is 0.350 e. The molecule has 0 bridgehead atoms. The maximum absolute atomic E-state index is 12.0. The van der Waals surface area contributed by atoms with Gasteiger partial charge < -0.3 is 25.8 Å². The zero-order valence-corrected chi connectivity index (χ0v) is 13.6. The Morgan fingerprint density at radius 1 is 1.38 bits per heavy atom. The minimum Gasteiger partial charge on any atom is -0.388 e. The first kappa shape index (κ1) is 17.3. The monoisotopic (exact) mass is 353 g/mol. The number of aliphatic hydroxyl groups excluding tert-OH is 3. The van der Waals surface area contributed by atoms with E-state index in [0.29, 0.717) is 5.56 Å². The first-order valence-corrected chi connectivity index (χ1v) is 8.70. The summed E-state index contributed by atoms with van der Waals surface area (Å²) in [7, 11) is 0. The molecule has 1 aromatic heterocycles. The van der Waals surface area contributed by atoms with E-state index in [1.807, 2.05) is 0 Å². The quantitative estimate of drug-likeness (QED) is 0.458. The highest BCUT2D eigenvalue weighted by Gasteiger charge is 2.36. The highest BCUT2D eigenvalue weighted by molar-refractivity contribution is 7.99. The molecule has 0 aliphatic carbocycles. The predicted molar refractivity (Wildman–Crippen MR) is 88.3 cm³/mol. The van der Waals surface area contributed by atoms with E-state index >= 15 is 0 Å². The van der Waals surface area contributed by atoms with Crippen LogP contribution in [0.4, 0.5) is 5.82 Å². The molecule has 2 saturated heterocycles. The third-order valence-electron chi connectivity index (χ3n) is 4.05. The lowest BCUT2D eigenvalue weighted by Crippen LogP contribution is -2.52. The second kappa shape index (κ2) is 7.13. The Hall–Kier alpha value is -1.57. The zero-order chi connectivity index (χ0) is 17.3. The average molecular weight is 353 g/mol. The van der Waals surface area contributed by atoms with Gasteiger partial charge in [-0.2, -0.15) is 4.98 Å². The Kier molecular flexibility index (Phi) is 5.12. The maximum Gasteiger partial charge on any atom is 0.350 e. The normalized spacial score (nSPS) is 33.0. The van der Waals surface area contributed by atoms with Gasteiger partial charge in [-0.3, -0.25) is 4.57 Å². The molecule has 5 atom stereocenters. The Morgan fingerprint density at radius 2 is 2.17 bits per heavy atom. The van der Waals surface area contributed by atoms with E-state index in [1.54, 1.807) is 18.0 Å². The van der Waals surface area contributed by atoms with Crippen molar-refractivity contribution in [2.75, 3.05) is 18.1 Å². The number of nitrogen functional groups attached to an aromatic ring is 1. The van der Waals surface area contributed by atoms with Crippen molar-refractivity contribution < 1.29 is 20.1 Å². The fourth-order valence-corrected chi connectivity index (χ4v) is 3.90. The third-order valence-corrected chi connectivity index (χ3v) is 5.42. The standard InChI is InChI=1S/C15H19N3O5S/c16-14-8(3-4-10-13(21)12(20)9(19)7-23-10)6-18(15(22)17-14)11-2-1-5-24-11/h6,9-13,19-21H,1-2,5,7H2,(H2,16,17,22)/t9-,10+,11?,12-,13+/m1/s1. The fourth-order valence-electron chi connectivity index (χ4n) is 2.65. The van der Waals surface area contributed by atoms with Crippen molar-refractivity contribution in [3.05, 3.63) is 22.2 Å². The van der Waals surface area contributed by atoms with Crippen molar-refractivity contribution in [1.82, 2.24) is 9.55 Å². The lowest BCUT2D eigenvalue weighted by molar-refractivity contribution is -0.170. The van der Waals surface area contributed by atoms with E-state index in [4.69, 9.17) is 10.5 Å². The Bertz CT molecular complexity index is 722. The maximum atomic E-state index is 12.0. The van der Waals surface area contributed by atoms with Crippen LogP contribution in [0.15, 0.2) is 11.0 Å². The number of aromatic nitrogens is 2. The number of hydrogen-bond donors (Lipinski definition) is 4. The summed E-state index contributed by atoms with van der Waals surface area (Å²) in [6, 6.07) is 0. The van der Waals surface area contributed by atoms with Crippen LogP contribution in [0.5, 0.6) is 0 Å². The van der Waals surface area contributed by atoms with E-state index in [-0.39, 0.29) is 17.8 Å². The number of nitrogens with two attached hydrogens (primary N) is 1. The first-order chi connectivity index (χ1) is 11.5. The number of thioether (sulfide) groups is 1. The molecular weight excluding hydrogens is 334 g/mol. The van der Waals surface area contributed by atoms with Gasteiger partial charge in [-0.15, -0.1) is 11.8 Å². The van der Waals surface area contributed by atoms with Crippen molar-refractivity contribution in [3.8, 4) is 11.8 Å². The van der Waals surface area contributed by atoms with Crippen LogP contribution in [-0.2, 0) is 4.74 Å². The molecule has 0 saturated carbocycles. The van der Waals surface area contributed by atoms with Gasteiger partial charge in [0.2, 0.25) is 0 Å². The van der Waals surface area contributed by atoms with Crippen LogP contribution in [-0.4, -0.2) is 61.6 Å². The van der Waals surface area contributed by atoms with E-state index < -0.39 is 30.1 Å². The third kappa shape index (κ3) is 3.43. The summed E-state index contributed by atoms with van der Waals surface area (Å²) >= 11 is 1.68. The number of anilines is 1. The van der Waals surface area contributed by atoms with Gasteiger partial charge in [0.05, 0.1) is 17.5 Å². The minimum atomic E-state index is -1.33. The van der Waals surface area contributed by atoms with Crippen LogP contribution < -0.4 is 11.4 Å². The van der Waals surface area contributed by atoms with Crippen LogP contribution in [0.2, 0.25) is 0 Å². The van der Waals surface area contributed by atoms with Crippen LogP contribution in [0.25, 0.3) is 0 Å². The molecule has 2 aliphatic rings. The summed E-state index contributed by atoms with van der Waals surface area (Å²) in [5.41, 5.74) is 5.71. The molecule has 5 N–H and O–H groups in total. The number of rotatable bonds is 1. The summed E-state index contributed by atoms with van der Waals surface area (Å²) < 4.78 is 6.74. The Balaban J connectivity index is 1.85. The molecule has 3 heterocycles. The molecule has 1 aromatic rings. The number of nitrogens with zero attached hydrogens (tertiary/aromatic N) is 2. The second-order valence-corrected chi connectivity index (χ2v) is 7.05. The highest BCUT2D eigenvalue weighted by atomic mass is 32.2. The van der Waals surface area contributed by atoms with Gasteiger partial charge in [-0.1, -0.05) is 11.8 Å². The van der Waals surface area contributed by atoms with Crippen molar-refractivity contribution in [1.29, 1.82) is 0 Å². The van der Waals surface area contributed by atoms with Crippen molar-refractivity contribution in [2.45, 2.75) is 42.6 Å². The van der Waals surface area contributed by atoms with E-state index in [1.165, 1.54) is 4.57 Å². The van der Waals surface area contributed by atoms with Gasteiger partial charge in [0.15, 0.2) is 0 Å². The van der Waals surface area contributed by atoms with Gasteiger partial charge in [-0.05, 0) is 18.6 Å². The molecule has 0 spiro atoms. The van der Waals surface area contributed by atoms with E-state index in [2.05, 4.69) is 16.8 Å². The van der Waals surface area contributed by atoms with Gasteiger partial charge in [0, 0.05) is 6.20 Å². The molecule has 24 heavy (non-hydrogen) atoms. The number of aliphatic hydroxyl groups is 3. The molecule has 0 amide bonds. The Labute approximate surface area is 142 Å². The Morgan fingerprint density at radius 3 is 2.88 bits per heavy atom. The molecule has 9 heteroatoms. The van der Waals surface area contributed by atoms with Gasteiger partial charge in [-0.25, -0.2) is 4.79 Å². The first-order valence-electron chi connectivity index (χ1n) is 7.65. The molecule has 3 rings (SSSR count). The number of ether oxygens (including phenoxy) is 1. The topological polar surface area (TPSA) is 131 Å². The zero-order valence-electron chi connectivity index (χ0n) is 12.8. The molecule has 2 fully saturated rings. The lowest BCUT2D eigenvalue weighted by Gasteiger charge is -2.32. The van der Waals surface area contributed by atoms with Crippen LogP contribution >= 0.6 is 11.8 Å². The van der Waals surface area contributed by atoms with Gasteiger partial charge in [0.1, 0.15) is 30.2 Å². The molecule has 0 aromatic carbocycles. The molecular formula is C15H19N3O5S. The summed E-state index contributed by atoms with van der Waals surface area (Å²) in [6.45, 7) is -0.122. The average Bonchev–Trinajstić information content (AvgIpc) is 3.07. The fraction of sp³-hybridized carbons (Fsp3) is 0.600. The lowest BCUT2D eigenvalue weighted by atomic mass is 10.0. The molecule has 130 valence electrons. The van der Waals surface area contributed by atoms with E-state index in [0.717, 1.165) is 18.6 Å². The van der Waals surface area contributed by atoms with Gasteiger partial charge in [0.25, 0.3) is 0 Å². The predicted octanol–water partition coefficient (Wildman–Crippen LogP) is -1.32. The van der Waals surface area contributed by atoms with Crippen LogP contribution in [0, 0.1) is 11.8 Å². The van der Waals surface area contributed by atoms with Crippen molar-refractivity contribution in [2.24, 2.45) is 0 Å². The summed E-state index contributed by atoms with van der Waals surface area (Å²) in [6.07, 6.45) is -1.26. The molecule has 2 aliphatic heterocycles. The highest BCUT2D eigenvalue weighted by Crippen LogP contribution is 2.34. The summed E-state index contributed by atoms with van der Waals surface area (Å²) in [5, 5.41) is 29.0. The SMILES string of the molecule is Nc1nc(=O)n(C2CCCS2)cc1C#C[C@@H]1OC[C@@H](O)[C@@H](O)[C@H]1O. The molecule has 8 nitrogen and oxygen atoms in total. The molecule has 1 unspecified atom stereocenters. The second-order valence-electron chi connectivity index (χ2n) is 5.77. The van der Waals surface area contributed by atoms with Gasteiger partial charge >= 0.3 is 5.69 Å². The minimum absolute atomic E-state index is 0.0117. The van der Waals surface area contributed by atoms with Crippen molar-refractivity contribution >= 4 is 17.6 Å². The molecule has 0 radical (unpaired) electrons. The number of hydrogen-bond acceptors (Lipinski definition) is 8. The van der Waals surface area contributed by atoms with Crippen LogP contribution in [0.1, 0.15) is 23.8 Å². The summed E-state index contributed by atoms with van der Waals surface area (Å²) in [5.74, 6) is 6.44. The largest absolute Gasteiger partial charge is 0.388 e. The summed E-state index contributed by atoms with van der Waals surface area (Å²) in [4.78, 5) is 15.8. The van der Waals surface area contributed by atoms with Crippen LogP contribution in [0.3, 0.4) is 0 Å².